The minimum absolute atomic E-state index is 0.0158. The van der Waals surface area contributed by atoms with E-state index in [0.29, 0.717) is 19.6 Å². The molecule has 1 aromatic heterocycles. The van der Waals surface area contributed by atoms with E-state index >= 15 is 0 Å². The molecule has 3 rings (SSSR count). The molecular weight excluding hydrogens is 341 g/mol. The van der Waals surface area contributed by atoms with Gasteiger partial charge >= 0.3 is 0 Å². The fourth-order valence-electron chi connectivity index (χ4n) is 2.51. The van der Waals surface area contributed by atoms with Crippen molar-refractivity contribution in [2.75, 3.05) is 13.2 Å². The highest BCUT2D eigenvalue weighted by Gasteiger charge is 2.26. The predicted molar refractivity (Wildman–Crippen MR) is 78.2 cm³/mol. The third-order valence-corrected chi connectivity index (χ3v) is 3.80. The van der Waals surface area contributed by atoms with Gasteiger partial charge in [-0.05, 0) is 24.5 Å². The van der Waals surface area contributed by atoms with E-state index in [9.17, 15) is 18.0 Å². The summed E-state index contributed by atoms with van der Waals surface area (Å²) in [7, 11) is 0. The molecule has 0 aliphatic carbocycles. The van der Waals surface area contributed by atoms with Gasteiger partial charge in [-0.3, -0.25) is 4.79 Å². The van der Waals surface area contributed by atoms with Crippen LogP contribution in [0.15, 0.2) is 29.0 Å². The van der Waals surface area contributed by atoms with Crippen LogP contribution in [0.25, 0.3) is 0 Å². The van der Waals surface area contributed by atoms with Gasteiger partial charge in [0.1, 0.15) is 6.26 Å². The number of hydrogen-bond acceptors (Lipinski definition) is 5. The molecule has 2 aromatic rings. The zero-order chi connectivity index (χ0) is 17.8. The summed E-state index contributed by atoms with van der Waals surface area (Å²) < 4.78 is 55.5. The molecular formula is C16H15F3N2O4. The van der Waals surface area contributed by atoms with Crippen LogP contribution in [-0.2, 0) is 4.74 Å². The van der Waals surface area contributed by atoms with Crippen LogP contribution in [0, 0.1) is 23.4 Å². The van der Waals surface area contributed by atoms with Crippen LogP contribution in [0.3, 0.4) is 0 Å². The number of rotatable bonds is 6. The van der Waals surface area contributed by atoms with Gasteiger partial charge in [-0.15, -0.1) is 0 Å². The molecule has 6 nitrogen and oxygen atoms in total. The summed E-state index contributed by atoms with van der Waals surface area (Å²) in [6.45, 7) is 1.05. The van der Waals surface area contributed by atoms with Crippen LogP contribution >= 0.6 is 0 Å². The van der Waals surface area contributed by atoms with Crippen molar-refractivity contribution in [1.29, 1.82) is 0 Å². The van der Waals surface area contributed by atoms with Gasteiger partial charge in [0, 0.05) is 25.7 Å². The average molecular weight is 356 g/mol. The highest BCUT2D eigenvalue weighted by Crippen LogP contribution is 2.25. The lowest BCUT2D eigenvalue weighted by molar-refractivity contribution is 0.0748. The Hall–Kier alpha value is -2.55. The number of carbonyl (C=O) groups excluding carboxylic acids is 1. The SMILES string of the molecule is O=C(NC(CC1CCOC1)Oc1ccc(F)c(F)c1F)c1ccon1. The van der Waals surface area contributed by atoms with E-state index in [2.05, 4.69) is 15.0 Å². The van der Waals surface area contributed by atoms with Gasteiger partial charge in [-0.2, -0.15) is 4.39 Å². The third kappa shape index (κ3) is 4.11. The topological polar surface area (TPSA) is 73.6 Å². The molecule has 0 saturated carbocycles. The Kier molecular flexibility index (Phi) is 5.22. The summed E-state index contributed by atoms with van der Waals surface area (Å²) >= 11 is 0. The Balaban J connectivity index is 1.75. The van der Waals surface area contributed by atoms with E-state index in [0.717, 1.165) is 18.6 Å². The number of hydrogen-bond donors (Lipinski definition) is 1. The molecule has 2 atom stereocenters. The summed E-state index contributed by atoms with van der Waals surface area (Å²) in [5.74, 6) is -5.43. The lowest BCUT2D eigenvalue weighted by Gasteiger charge is -2.22. The lowest BCUT2D eigenvalue weighted by atomic mass is 10.0. The molecule has 1 aliphatic heterocycles. The standard InChI is InChI=1S/C16H15F3N2O4/c17-10-1-2-12(15(19)14(10)18)25-13(7-9-3-5-23-8-9)20-16(22)11-4-6-24-21-11/h1-2,4,6,9,13H,3,5,7-8H2,(H,20,22). The molecule has 1 aliphatic rings. The van der Waals surface area contributed by atoms with Gasteiger partial charge in [-0.1, -0.05) is 5.16 Å². The first kappa shape index (κ1) is 17.3. The Labute approximate surface area is 140 Å². The summed E-state index contributed by atoms with van der Waals surface area (Å²) in [6.07, 6.45) is 1.31. The molecule has 9 heteroatoms. The van der Waals surface area contributed by atoms with Gasteiger partial charge < -0.3 is 19.3 Å². The van der Waals surface area contributed by atoms with Gasteiger partial charge in [0.15, 0.2) is 29.3 Å². The first-order valence-electron chi connectivity index (χ1n) is 7.63. The monoisotopic (exact) mass is 356 g/mol. The fraction of sp³-hybridized carbons (Fsp3) is 0.375. The Bertz CT molecular complexity index is 733. The fourth-order valence-corrected chi connectivity index (χ4v) is 2.51. The Morgan fingerprint density at radius 2 is 2.16 bits per heavy atom. The summed E-state index contributed by atoms with van der Waals surface area (Å²) in [4.78, 5) is 12.1. The largest absolute Gasteiger partial charge is 0.467 e. The zero-order valence-corrected chi connectivity index (χ0v) is 13.0. The van der Waals surface area contributed by atoms with E-state index in [1.807, 2.05) is 0 Å². The van der Waals surface area contributed by atoms with Crippen LogP contribution in [0.2, 0.25) is 0 Å². The van der Waals surface area contributed by atoms with Crippen LogP contribution in [0.4, 0.5) is 13.2 Å². The summed E-state index contributed by atoms with van der Waals surface area (Å²) in [6, 6.07) is 3.07. The quantitative estimate of drug-likeness (QED) is 0.636. The molecule has 1 amide bonds. The maximum atomic E-state index is 13.8. The predicted octanol–water partition coefficient (Wildman–Crippen LogP) is 2.65. The van der Waals surface area contributed by atoms with E-state index in [1.54, 1.807) is 0 Å². The smallest absolute Gasteiger partial charge is 0.276 e. The maximum absolute atomic E-state index is 13.8. The van der Waals surface area contributed by atoms with Crippen LogP contribution in [0.5, 0.6) is 5.75 Å². The summed E-state index contributed by atoms with van der Waals surface area (Å²) in [5, 5.41) is 6.03. The Morgan fingerprint density at radius 1 is 1.32 bits per heavy atom. The number of benzene rings is 1. The second-order valence-corrected chi connectivity index (χ2v) is 5.60. The van der Waals surface area contributed by atoms with Crippen molar-refractivity contribution >= 4 is 5.91 Å². The van der Waals surface area contributed by atoms with Crippen LogP contribution < -0.4 is 10.1 Å². The van der Waals surface area contributed by atoms with Crippen molar-refractivity contribution in [2.45, 2.75) is 19.1 Å². The minimum atomic E-state index is -1.64. The number of nitrogens with one attached hydrogen (secondary N) is 1. The highest BCUT2D eigenvalue weighted by molar-refractivity contribution is 5.92. The lowest BCUT2D eigenvalue weighted by Crippen LogP contribution is -2.41. The first-order valence-corrected chi connectivity index (χ1v) is 7.63. The van der Waals surface area contributed by atoms with E-state index in [4.69, 9.17) is 9.47 Å². The number of nitrogens with zero attached hydrogens (tertiary/aromatic N) is 1. The number of halogens is 3. The van der Waals surface area contributed by atoms with Gasteiger partial charge in [0.2, 0.25) is 5.82 Å². The molecule has 1 N–H and O–H groups in total. The van der Waals surface area contributed by atoms with Crippen molar-refractivity contribution in [3.05, 3.63) is 47.6 Å². The molecule has 2 heterocycles. The van der Waals surface area contributed by atoms with E-state index in [1.165, 1.54) is 12.3 Å². The number of amides is 1. The molecule has 1 fully saturated rings. The molecule has 1 aromatic carbocycles. The second-order valence-electron chi connectivity index (χ2n) is 5.60. The van der Waals surface area contributed by atoms with Gasteiger partial charge in [0.05, 0.1) is 0 Å². The minimum Gasteiger partial charge on any atom is -0.467 e. The first-order chi connectivity index (χ1) is 12.0. The molecule has 25 heavy (non-hydrogen) atoms. The van der Waals surface area contributed by atoms with Crippen molar-refractivity contribution in [1.82, 2.24) is 10.5 Å². The van der Waals surface area contributed by atoms with E-state index < -0.39 is 35.3 Å². The maximum Gasteiger partial charge on any atom is 0.276 e. The van der Waals surface area contributed by atoms with Crippen molar-refractivity contribution in [3.8, 4) is 5.75 Å². The van der Waals surface area contributed by atoms with Crippen LogP contribution in [-0.4, -0.2) is 30.5 Å². The molecule has 2 unspecified atom stereocenters. The molecule has 1 saturated heterocycles. The van der Waals surface area contributed by atoms with Crippen molar-refractivity contribution < 1.29 is 32.0 Å². The summed E-state index contributed by atoms with van der Waals surface area (Å²) in [5.41, 5.74) is 0.0158. The molecule has 0 bridgehead atoms. The van der Waals surface area contributed by atoms with Crippen molar-refractivity contribution in [2.24, 2.45) is 5.92 Å². The molecule has 134 valence electrons. The van der Waals surface area contributed by atoms with Gasteiger partial charge in [0.25, 0.3) is 5.91 Å². The van der Waals surface area contributed by atoms with Gasteiger partial charge in [-0.25, -0.2) is 8.78 Å². The van der Waals surface area contributed by atoms with E-state index in [-0.39, 0.29) is 11.6 Å². The third-order valence-electron chi connectivity index (χ3n) is 3.80. The average Bonchev–Trinajstić information content (AvgIpc) is 3.28. The number of aromatic nitrogens is 1. The highest BCUT2D eigenvalue weighted by atomic mass is 19.2. The normalized spacial score (nSPS) is 18.1. The Morgan fingerprint density at radius 3 is 2.84 bits per heavy atom. The van der Waals surface area contributed by atoms with Crippen molar-refractivity contribution in [3.63, 3.8) is 0 Å². The second kappa shape index (κ2) is 7.56. The van der Waals surface area contributed by atoms with Crippen LogP contribution in [0.1, 0.15) is 23.3 Å². The number of ether oxygens (including phenoxy) is 2. The molecule has 0 radical (unpaired) electrons. The molecule has 0 spiro atoms. The zero-order valence-electron chi connectivity index (χ0n) is 13.0. The number of carbonyl (C=O) groups is 1.